The zero-order valence-corrected chi connectivity index (χ0v) is 20.6. The number of nitrogens with two attached hydrogens (primary N) is 1. The van der Waals surface area contributed by atoms with Crippen LogP contribution >= 0.6 is 11.6 Å². The fraction of sp³-hybridized carbons (Fsp3) is 0.222. The first-order valence-corrected chi connectivity index (χ1v) is 11.9. The molecule has 5 rings (SSSR count). The third kappa shape index (κ3) is 3.87. The van der Waals surface area contributed by atoms with Gasteiger partial charge >= 0.3 is 0 Å². The monoisotopic (exact) mass is 505 g/mol. The summed E-state index contributed by atoms with van der Waals surface area (Å²) in [4.78, 5) is 24.7. The molecule has 1 aliphatic rings. The molecule has 0 aliphatic carbocycles. The number of halogens is 2. The number of aromatic nitrogens is 2. The van der Waals surface area contributed by atoms with Crippen LogP contribution in [0.3, 0.4) is 0 Å². The number of anilines is 2. The summed E-state index contributed by atoms with van der Waals surface area (Å²) in [6, 6.07) is 11.8. The highest BCUT2D eigenvalue weighted by Gasteiger charge is 2.34. The number of nitrogen functional groups attached to an aromatic ring is 1. The smallest absolute Gasteiger partial charge is 0.246 e. The number of fused-ring (bicyclic) bond motifs is 2. The number of carbonyl (C=O) groups excluding carboxylic acids is 1. The van der Waals surface area contributed by atoms with Gasteiger partial charge in [-0.15, -0.1) is 0 Å². The molecule has 3 N–H and O–H groups in total. The standard InChI is InChI=1S/C27H25ClFN5O2/c1-4-22(36)33-12-14(2)34(15(3)13-33)26-20-11-21(28)23(24(29)25(20)31-27(30)32-26)19-10-17(35)9-16-7-5-6-8-18(16)19/h4-11,14-15,35H,1,12-13H2,2-3H3,(H2,30,31,32)/t14-,15+. The van der Waals surface area contributed by atoms with Crippen molar-refractivity contribution in [2.45, 2.75) is 25.9 Å². The van der Waals surface area contributed by atoms with Crippen molar-refractivity contribution in [1.29, 1.82) is 0 Å². The molecule has 3 aromatic carbocycles. The zero-order chi connectivity index (χ0) is 25.7. The molecule has 184 valence electrons. The summed E-state index contributed by atoms with van der Waals surface area (Å²) in [5.41, 5.74) is 6.68. The molecular weight excluding hydrogens is 481 g/mol. The summed E-state index contributed by atoms with van der Waals surface area (Å²) in [6.45, 7) is 8.41. The van der Waals surface area contributed by atoms with Crippen molar-refractivity contribution in [2.75, 3.05) is 23.7 Å². The van der Waals surface area contributed by atoms with E-state index in [0.717, 1.165) is 10.8 Å². The maximum absolute atomic E-state index is 16.2. The van der Waals surface area contributed by atoms with Crippen molar-refractivity contribution in [3.05, 3.63) is 66.0 Å². The predicted molar refractivity (Wildman–Crippen MR) is 142 cm³/mol. The second kappa shape index (κ2) is 8.95. The molecule has 1 saturated heterocycles. The van der Waals surface area contributed by atoms with Crippen LogP contribution in [0.5, 0.6) is 5.75 Å². The highest BCUT2D eigenvalue weighted by atomic mass is 35.5. The molecule has 0 spiro atoms. The number of aromatic hydroxyl groups is 1. The minimum Gasteiger partial charge on any atom is -0.508 e. The topological polar surface area (TPSA) is 95.6 Å². The Labute approximate surface area is 212 Å². The first kappa shape index (κ1) is 23.8. The molecule has 0 bridgehead atoms. The van der Waals surface area contributed by atoms with Crippen LogP contribution in [0.2, 0.25) is 5.02 Å². The van der Waals surface area contributed by atoms with Gasteiger partial charge in [0, 0.05) is 36.1 Å². The lowest BCUT2D eigenvalue weighted by Gasteiger charge is -2.45. The van der Waals surface area contributed by atoms with Crippen molar-refractivity contribution in [2.24, 2.45) is 0 Å². The van der Waals surface area contributed by atoms with Gasteiger partial charge in [-0.3, -0.25) is 4.79 Å². The fourth-order valence-electron chi connectivity index (χ4n) is 5.19. The van der Waals surface area contributed by atoms with Gasteiger partial charge < -0.3 is 20.6 Å². The average Bonchev–Trinajstić information content (AvgIpc) is 2.83. The second-order valence-electron chi connectivity index (χ2n) is 9.12. The van der Waals surface area contributed by atoms with E-state index in [1.807, 2.05) is 43.0 Å². The molecule has 2 heterocycles. The minimum absolute atomic E-state index is 0.00301. The van der Waals surface area contributed by atoms with Gasteiger partial charge in [-0.05, 0) is 54.5 Å². The summed E-state index contributed by atoms with van der Waals surface area (Å²) in [7, 11) is 0. The first-order chi connectivity index (χ1) is 17.2. The van der Waals surface area contributed by atoms with E-state index in [2.05, 4.69) is 16.5 Å². The fourth-order valence-corrected chi connectivity index (χ4v) is 5.49. The third-order valence-electron chi connectivity index (χ3n) is 6.65. The lowest BCUT2D eigenvalue weighted by molar-refractivity contribution is -0.127. The Balaban J connectivity index is 1.71. The van der Waals surface area contributed by atoms with E-state index in [1.54, 1.807) is 17.0 Å². The van der Waals surface area contributed by atoms with E-state index in [0.29, 0.717) is 29.9 Å². The lowest BCUT2D eigenvalue weighted by atomic mass is 9.96. The number of hydrogen-bond donors (Lipinski definition) is 2. The van der Waals surface area contributed by atoms with Gasteiger partial charge in [0.2, 0.25) is 11.9 Å². The second-order valence-corrected chi connectivity index (χ2v) is 9.52. The molecule has 1 fully saturated rings. The van der Waals surface area contributed by atoms with Crippen LogP contribution in [-0.2, 0) is 4.79 Å². The molecule has 4 aromatic rings. The van der Waals surface area contributed by atoms with Crippen molar-refractivity contribution < 1.29 is 14.3 Å². The number of phenolic OH excluding ortho intramolecular Hbond substituents is 1. The van der Waals surface area contributed by atoms with E-state index < -0.39 is 5.82 Å². The average molecular weight is 506 g/mol. The van der Waals surface area contributed by atoms with Crippen LogP contribution in [0.25, 0.3) is 32.8 Å². The molecule has 1 aliphatic heterocycles. The molecule has 2 atom stereocenters. The SMILES string of the molecule is C=CC(=O)N1C[C@@H](C)N(c2nc(N)nc3c(F)c(-c4cc(O)cc5ccccc45)c(Cl)cc23)[C@@H](C)C1. The van der Waals surface area contributed by atoms with E-state index in [4.69, 9.17) is 17.3 Å². The number of nitrogens with zero attached hydrogens (tertiary/aromatic N) is 4. The van der Waals surface area contributed by atoms with Gasteiger partial charge in [-0.1, -0.05) is 42.4 Å². The number of amides is 1. The number of piperazine rings is 1. The predicted octanol–water partition coefficient (Wildman–Crippen LogP) is 5.14. The number of hydrogen-bond acceptors (Lipinski definition) is 6. The van der Waals surface area contributed by atoms with Crippen molar-refractivity contribution in [3.63, 3.8) is 0 Å². The van der Waals surface area contributed by atoms with Gasteiger partial charge in [0.1, 0.15) is 17.1 Å². The minimum atomic E-state index is -0.649. The Morgan fingerprint density at radius 2 is 1.86 bits per heavy atom. The number of carbonyl (C=O) groups is 1. The van der Waals surface area contributed by atoms with Crippen LogP contribution in [0.4, 0.5) is 16.2 Å². The highest BCUT2D eigenvalue weighted by molar-refractivity contribution is 6.35. The maximum Gasteiger partial charge on any atom is 0.246 e. The van der Waals surface area contributed by atoms with Crippen LogP contribution < -0.4 is 10.6 Å². The van der Waals surface area contributed by atoms with Crippen molar-refractivity contribution in [3.8, 4) is 16.9 Å². The van der Waals surface area contributed by atoms with E-state index in [9.17, 15) is 9.90 Å². The van der Waals surface area contributed by atoms with Crippen LogP contribution in [0, 0.1) is 5.82 Å². The largest absolute Gasteiger partial charge is 0.508 e. The zero-order valence-electron chi connectivity index (χ0n) is 19.9. The number of phenols is 1. The lowest BCUT2D eigenvalue weighted by Crippen LogP contribution is -2.58. The van der Waals surface area contributed by atoms with Crippen LogP contribution in [0.15, 0.2) is 55.1 Å². The summed E-state index contributed by atoms with van der Waals surface area (Å²) in [5.74, 6) is -0.413. The highest BCUT2D eigenvalue weighted by Crippen LogP contribution is 2.42. The van der Waals surface area contributed by atoms with Gasteiger partial charge in [-0.25, -0.2) is 9.37 Å². The Morgan fingerprint density at radius 3 is 2.56 bits per heavy atom. The van der Waals surface area contributed by atoms with Gasteiger partial charge in [0.05, 0.1) is 5.02 Å². The Hall–Kier alpha value is -3.91. The molecule has 0 saturated carbocycles. The molecule has 1 aromatic heterocycles. The summed E-state index contributed by atoms with van der Waals surface area (Å²) in [5, 5.41) is 12.4. The number of rotatable bonds is 3. The Bertz CT molecular complexity index is 1530. The number of benzene rings is 3. The van der Waals surface area contributed by atoms with Crippen molar-refractivity contribution >= 4 is 50.9 Å². The van der Waals surface area contributed by atoms with Gasteiger partial charge in [-0.2, -0.15) is 4.98 Å². The molecule has 9 heteroatoms. The summed E-state index contributed by atoms with van der Waals surface area (Å²) < 4.78 is 16.2. The molecular formula is C27H25ClFN5O2. The van der Waals surface area contributed by atoms with E-state index >= 15 is 4.39 Å². The Morgan fingerprint density at radius 1 is 1.17 bits per heavy atom. The van der Waals surface area contributed by atoms with Gasteiger partial charge in [0.15, 0.2) is 5.82 Å². The molecule has 0 radical (unpaired) electrons. The van der Waals surface area contributed by atoms with Crippen LogP contribution in [0.1, 0.15) is 13.8 Å². The summed E-state index contributed by atoms with van der Waals surface area (Å²) in [6.07, 6.45) is 1.30. The van der Waals surface area contributed by atoms with Crippen LogP contribution in [-0.4, -0.2) is 51.1 Å². The van der Waals surface area contributed by atoms with Crippen molar-refractivity contribution in [1.82, 2.24) is 14.9 Å². The normalized spacial score (nSPS) is 18.1. The maximum atomic E-state index is 16.2. The molecule has 36 heavy (non-hydrogen) atoms. The third-order valence-corrected chi connectivity index (χ3v) is 6.94. The molecule has 7 nitrogen and oxygen atoms in total. The molecule has 1 amide bonds. The quantitative estimate of drug-likeness (QED) is 0.374. The van der Waals surface area contributed by atoms with Gasteiger partial charge in [0.25, 0.3) is 0 Å². The first-order valence-electron chi connectivity index (χ1n) is 11.6. The molecule has 0 unspecified atom stereocenters. The van der Waals surface area contributed by atoms with E-state index in [-0.39, 0.29) is 45.8 Å². The Kier molecular flexibility index (Phi) is 5.92. The summed E-state index contributed by atoms with van der Waals surface area (Å²) >= 11 is 6.71. The van der Waals surface area contributed by atoms with E-state index in [1.165, 1.54) is 12.1 Å².